The van der Waals surface area contributed by atoms with Crippen LogP contribution in [0.2, 0.25) is 0 Å². The highest BCUT2D eigenvalue weighted by molar-refractivity contribution is 5.72. The number of carboxylic acid groups (broad SMARTS) is 2. The van der Waals surface area contributed by atoms with Crippen LogP contribution in [0.5, 0.6) is 0 Å². The zero-order valence-electron chi connectivity index (χ0n) is 13.4. The highest BCUT2D eigenvalue weighted by Gasteiger charge is 2.50. The SMILES string of the molecule is O=C(O)C1C=CC2C3C=CC=CC3C3CN(C(=O)O)CCC3N2C1. The first-order valence-electron chi connectivity index (χ1n) is 8.56. The van der Waals surface area contributed by atoms with E-state index in [1.165, 1.54) is 4.90 Å². The topological polar surface area (TPSA) is 81.1 Å². The minimum atomic E-state index is -0.857. The number of piperidine rings is 2. The third-order valence-corrected chi connectivity index (χ3v) is 6.08. The molecule has 6 atom stereocenters. The van der Waals surface area contributed by atoms with Gasteiger partial charge in [0.2, 0.25) is 0 Å². The van der Waals surface area contributed by atoms with Crippen LogP contribution in [0.25, 0.3) is 0 Å². The first kappa shape index (κ1) is 15.4. The number of aliphatic carboxylic acids is 1. The van der Waals surface area contributed by atoms with Crippen LogP contribution in [-0.4, -0.2) is 63.8 Å². The number of fused-ring (bicyclic) bond motifs is 6. The van der Waals surface area contributed by atoms with Crippen molar-refractivity contribution in [1.82, 2.24) is 9.80 Å². The Labute approximate surface area is 140 Å². The number of carboxylic acids is 1. The molecule has 6 nitrogen and oxygen atoms in total. The molecule has 4 rings (SSSR count). The Morgan fingerprint density at radius 3 is 2.42 bits per heavy atom. The lowest BCUT2D eigenvalue weighted by molar-refractivity contribution is -0.142. The normalized spacial score (nSPS) is 40.6. The van der Waals surface area contributed by atoms with E-state index in [0.29, 0.717) is 25.6 Å². The standard InChI is InChI=1S/C18H22N2O4/c21-17(22)11-5-6-15-13-4-2-1-3-12(13)14-10-19(18(23)24)8-7-16(14)20(15)9-11/h1-6,11-16H,7-10H2,(H,21,22)(H,23,24). The van der Waals surface area contributed by atoms with Gasteiger partial charge >= 0.3 is 12.1 Å². The molecule has 2 N–H and O–H groups in total. The second-order valence-corrected chi connectivity index (χ2v) is 7.19. The molecule has 0 saturated carbocycles. The molecule has 3 aliphatic heterocycles. The maximum Gasteiger partial charge on any atom is 0.407 e. The fourth-order valence-electron chi connectivity index (χ4n) is 4.98. The van der Waals surface area contributed by atoms with Gasteiger partial charge in [0.1, 0.15) is 0 Å². The summed E-state index contributed by atoms with van der Waals surface area (Å²) >= 11 is 0. The van der Waals surface area contributed by atoms with Crippen molar-refractivity contribution >= 4 is 12.1 Å². The van der Waals surface area contributed by atoms with E-state index in [2.05, 4.69) is 35.3 Å². The van der Waals surface area contributed by atoms with E-state index >= 15 is 0 Å². The number of allylic oxidation sites excluding steroid dienone is 3. The average Bonchev–Trinajstić information content (AvgIpc) is 2.61. The van der Waals surface area contributed by atoms with E-state index in [-0.39, 0.29) is 23.9 Å². The lowest BCUT2D eigenvalue weighted by atomic mass is 9.65. The van der Waals surface area contributed by atoms with E-state index < -0.39 is 18.0 Å². The smallest absolute Gasteiger partial charge is 0.407 e. The number of likely N-dealkylation sites (tertiary alicyclic amines) is 1. The predicted molar refractivity (Wildman–Crippen MR) is 87.5 cm³/mol. The Morgan fingerprint density at radius 1 is 0.958 bits per heavy atom. The number of rotatable bonds is 1. The van der Waals surface area contributed by atoms with Gasteiger partial charge in [-0.25, -0.2) is 4.79 Å². The summed E-state index contributed by atoms with van der Waals surface area (Å²) in [5.41, 5.74) is 0. The van der Waals surface area contributed by atoms with Crippen LogP contribution >= 0.6 is 0 Å². The first-order valence-corrected chi connectivity index (χ1v) is 8.56. The van der Waals surface area contributed by atoms with E-state index in [4.69, 9.17) is 0 Å². The maximum absolute atomic E-state index is 11.4. The van der Waals surface area contributed by atoms with Gasteiger partial charge in [-0.15, -0.1) is 0 Å². The summed E-state index contributed by atoms with van der Waals surface area (Å²) in [6.45, 7) is 1.58. The number of carbonyl (C=O) groups is 2. The zero-order chi connectivity index (χ0) is 16.8. The van der Waals surface area contributed by atoms with Gasteiger partial charge in [-0.1, -0.05) is 36.5 Å². The van der Waals surface area contributed by atoms with Crippen molar-refractivity contribution in [3.05, 3.63) is 36.5 Å². The Balaban J connectivity index is 1.67. The molecule has 0 radical (unpaired) electrons. The van der Waals surface area contributed by atoms with Crippen LogP contribution in [0.1, 0.15) is 6.42 Å². The average molecular weight is 330 g/mol. The second kappa shape index (κ2) is 5.77. The van der Waals surface area contributed by atoms with Gasteiger partial charge in [0, 0.05) is 37.6 Å². The Hall–Kier alpha value is -2.08. The number of hydrogen-bond donors (Lipinski definition) is 2. The van der Waals surface area contributed by atoms with Gasteiger partial charge in [0.15, 0.2) is 0 Å². The lowest BCUT2D eigenvalue weighted by Gasteiger charge is -2.57. The molecule has 2 fully saturated rings. The van der Waals surface area contributed by atoms with Crippen LogP contribution in [0, 0.1) is 23.7 Å². The summed E-state index contributed by atoms with van der Waals surface area (Å²) in [6.07, 6.45) is 12.3. The van der Waals surface area contributed by atoms with Gasteiger partial charge in [0.05, 0.1) is 5.92 Å². The van der Waals surface area contributed by atoms with E-state index in [9.17, 15) is 19.8 Å². The van der Waals surface area contributed by atoms with Crippen LogP contribution in [0.3, 0.4) is 0 Å². The highest BCUT2D eigenvalue weighted by Crippen LogP contribution is 2.45. The molecular weight excluding hydrogens is 308 g/mol. The van der Waals surface area contributed by atoms with Crippen molar-refractivity contribution in [2.45, 2.75) is 18.5 Å². The van der Waals surface area contributed by atoms with Crippen molar-refractivity contribution in [2.24, 2.45) is 23.7 Å². The van der Waals surface area contributed by atoms with Crippen LogP contribution in [0.15, 0.2) is 36.5 Å². The van der Waals surface area contributed by atoms with Gasteiger partial charge in [-0.2, -0.15) is 0 Å². The molecule has 6 unspecified atom stereocenters. The fraction of sp³-hybridized carbons (Fsp3) is 0.556. The van der Waals surface area contributed by atoms with E-state index in [0.717, 1.165) is 6.42 Å². The zero-order valence-corrected chi connectivity index (χ0v) is 13.4. The number of amides is 1. The van der Waals surface area contributed by atoms with Crippen LogP contribution < -0.4 is 0 Å². The molecule has 128 valence electrons. The highest BCUT2D eigenvalue weighted by atomic mass is 16.4. The fourth-order valence-corrected chi connectivity index (χ4v) is 4.98. The van der Waals surface area contributed by atoms with Crippen molar-refractivity contribution in [3.63, 3.8) is 0 Å². The summed E-state index contributed by atoms with van der Waals surface area (Å²) in [5.74, 6) is -0.437. The van der Waals surface area contributed by atoms with Crippen molar-refractivity contribution in [1.29, 1.82) is 0 Å². The quantitative estimate of drug-likeness (QED) is 0.715. The molecule has 3 heterocycles. The molecule has 1 amide bonds. The summed E-state index contributed by atoms with van der Waals surface area (Å²) in [5, 5.41) is 18.7. The van der Waals surface area contributed by atoms with Crippen molar-refractivity contribution in [2.75, 3.05) is 19.6 Å². The van der Waals surface area contributed by atoms with Crippen molar-refractivity contribution < 1.29 is 19.8 Å². The summed E-state index contributed by atoms with van der Waals surface area (Å²) in [7, 11) is 0. The van der Waals surface area contributed by atoms with E-state index in [1.807, 2.05) is 6.08 Å². The largest absolute Gasteiger partial charge is 0.481 e. The predicted octanol–water partition coefficient (Wildman–Crippen LogP) is 1.67. The summed E-state index contributed by atoms with van der Waals surface area (Å²) in [4.78, 5) is 26.7. The van der Waals surface area contributed by atoms with Gasteiger partial charge in [-0.05, 0) is 18.3 Å². The summed E-state index contributed by atoms with van der Waals surface area (Å²) < 4.78 is 0. The lowest BCUT2D eigenvalue weighted by Crippen LogP contribution is -2.65. The third-order valence-electron chi connectivity index (χ3n) is 6.08. The Morgan fingerprint density at radius 2 is 1.71 bits per heavy atom. The minimum absolute atomic E-state index is 0.212. The molecule has 1 aliphatic carbocycles. The second-order valence-electron chi connectivity index (χ2n) is 7.19. The molecule has 0 aromatic heterocycles. The van der Waals surface area contributed by atoms with Crippen molar-refractivity contribution in [3.8, 4) is 0 Å². The van der Waals surface area contributed by atoms with Gasteiger partial charge < -0.3 is 15.1 Å². The number of nitrogens with zero attached hydrogens (tertiary/aromatic N) is 2. The minimum Gasteiger partial charge on any atom is -0.481 e. The molecule has 0 aromatic rings. The Bertz CT molecular complexity index is 639. The van der Waals surface area contributed by atoms with E-state index in [1.54, 1.807) is 0 Å². The molecular formula is C18H22N2O4. The molecule has 2 saturated heterocycles. The molecule has 6 heteroatoms. The molecule has 4 aliphatic rings. The monoisotopic (exact) mass is 330 g/mol. The van der Waals surface area contributed by atoms with Gasteiger partial charge in [-0.3, -0.25) is 9.69 Å². The molecule has 0 bridgehead atoms. The third kappa shape index (κ3) is 2.36. The molecule has 0 aromatic carbocycles. The molecule has 0 spiro atoms. The van der Waals surface area contributed by atoms with Gasteiger partial charge in [0.25, 0.3) is 0 Å². The van der Waals surface area contributed by atoms with Crippen LogP contribution in [0.4, 0.5) is 4.79 Å². The Kier molecular flexibility index (Phi) is 3.72. The molecule has 24 heavy (non-hydrogen) atoms. The maximum atomic E-state index is 11.4. The van der Waals surface area contributed by atoms with Crippen LogP contribution in [-0.2, 0) is 4.79 Å². The summed E-state index contributed by atoms with van der Waals surface area (Å²) in [6, 6.07) is 0.458. The first-order chi connectivity index (χ1) is 11.6. The number of hydrogen-bond acceptors (Lipinski definition) is 3.